The minimum atomic E-state index is 0.308. The van der Waals surface area contributed by atoms with Crippen molar-refractivity contribution in [3.8, 4) is 6.07 Å². The van der Waals surface area contributed by atoms with Gasteiger partial charge in [-0.05, 0) is 50.5 Å². The maximum absolute atomic E-state index is 8.92. The Balaban J connectivity index is 1.79. The van der Waals surface area contributed by atoms with Crippen molar-refractivity contribution in [1.82, 2.24) is 4.90 Å². The van der Waals surface area contributed by atoms with E-state index in [0.29, 0.717) is 5.92 Å². The molecule has 1 aliphatic carbocycles. The summed E-state index contributed by atoms with van der Waals surface area (Å²) in [5, 5.41) is 8.92. The molecule has 0 aromatic rings. The number of hydrogen-bond acceptors (Lipinski definition) is 2. The molecule has 2 rings (SSSR count). The molecule has 2 nitrogen and oxygen atoms in total. The van der Waals surface area contributed by atoms with E-state index in [1.807, 2.05) is 0 Å². The Morgan fingerprint density at radius 1 is 1.12 bits per heavy atom. The second-order valence-electron chi connectivity index (χ2n) is 5.92. The molecule has 0 bridgehead atoms. The monoisotopic (exact) mass is 220 g/mol. The molecule has 0 radical (unpaired) electrons. The third kappa shape index (κ3) is 2.58. The lowest BCUT2D eigenvalue weighted by Gasteiger charge is -2.36. The molecule has 16 heavy (non-hydrogen) atoms. The van der Waals surface area contributed by atoms with E-state index in [9.17, 15) is 0 Å². The van der Waals surface area contributed by atoms with Crippen molar-refractivity contribution in [1.29, 1.82) is 5.26 Å². The lowest BCUT2D eigenvalue weighted by molar-refractivity contribution is 0.144. The van der Waals surface area contributed by atoms with Gasteiger partial charge in [0.2, 0.25) is 0 Å². The predicted molar refractivity (Wildman–Crippen MR) is 65.9 cm³/mol. The Labute approximate surface area is 99.6 Å². The fourth-order valence-corrected chi connectivity index (χ4v) is 3.36. The summed E-state index contributed by atoms with van der Waals surface area (Å²) in [5.41, 5.74) is 0. The smallest absolute Gasteiger partial charge is 0.0669 e. The molecule has 1 atom stereocenters. The summed E-state index contributed by atoms with van der Waals surface area (Å²) in [4.78, 5) is 2.57. The summed E-state index contributed by atoms with van der Waals surface area (Å²) in [6.07, 6.45) is 6.62. The van der Waals surface area contributed by atoms with E-state index >= 15 is 0 Å². The summed E-state index contributed by atoms with van der Waals surface area (Å²) in [6.45, 7) is 6.90. The fourth-order valence-electron chi connectivity index (χ4n) is 3.36. The lowest BCUT2D eigenvalue weighted by atomic mass is 9.79. The molecule has 2 heteroatoms. The highest BCUT2D eigenvalue weighted by Crippen LogP contribution is 2.33. The van der Waals surface area contributed by atoms with Crippen LogP contribution in [0.1, 0.15) is 46.0 Å². The van der Waals surface area contributed by atoms with Crippen LogP contribution in [-0.2, 0) is 0 Å². The fraction of sp³-hybridized carbons (Fsp3) is 0.929. The number of nitriles is 1. The zero-order chi connectivity index (χ0) is 11.5. The Hall–Kier alpha value is -0.550. The molecule has 0 aromatic carbocycles. The van der Waals surface area contributed by atoms with Crippen molar-refractivity contribution in [2.24, 2.45) is 17.8 Å². The van der Waals surface area contributed by atoms with Gasteiger partial charge in [-0.15, -0.1) is 0 Å². The Morgan fingerprint density at radius 3 is 2.31 bits per heavy atom. The first-order valence-corrected chi connectivity index (χ1v) is 6.84. The third-order valence-corrected chi connectivity index (χ3v) is 4.60. The van der Waals surface area contributed by atoms with Crippen LogP contribution in [0.4, 0.5) is 0 Å². The quantitative estimate of drug-likeness (QED) is 0.715. The van der Waals surface area contributed by atoms with Gasteiger partial charge in [-0.25, -0.2) is 0 Å². The van der Waals surface area contributed by atoms with Gasteiger partial charge in [0.05, 0.1) is 12.0 Å². The molecule has 90 valence electrons. The first-order valence-electron chi connectivity index (χ1n) is 6.84. The van der Waals surface area contributed by atoms with Gasteiger partial charge in [-0.1, -0.05) is 13.8 Å². The molecule has 0 unspecified atom stereocenters. The van der Waals surface area contributed by atoms with Crippen molar-refractivity contribution in [2.45, 2.75) is 52.0 Å². The third-order valence-electron chi connectivity index (χ3n) is 4.60. The van der Waals surface area contributed by atoms with Crippen molar-refractivity contribution < 1.29 is 0 Å². The van der Waals surface area contributed by atoms with Crippen LogP contribution in [0.5, 0.6) is 0 Å². The minimum absolute atomic E-state index is 0.308. The molecule has 1 heterocycles. The zero-order valence-corrected chi connectivity index (χ0v) is 10.7. The van der Waals surface area contributed by atoms with Crippen molar-refractivity contribution in [2.75, 3.05) is 13.1 Å². The van der Waals surface area contributed by atoms with Crippen LogP contribution in [0.25, 0.3) is 0 Å². The molecule has 0 N–H and O–H groups in total. The van der Waals surface area contributed by atoms with Crippen molar-refractivity contribution >= 4 is 0 Å². The van der Waals surface area contributed by atoms with Gasteiger partial charge >= 0.3 is 0 Å². The zero-order valence-electron chi connectivity index (χ0n) is 10.7. The van der Waals surface area contributed by atoms with Gasteiger partial charge in [0.25, 0.3) is 0 Å². The van der Waals surface area contributed by atoms with Crippen LogP contribution >= 0.6 is 0 Å². The highest BCUT2D eigenvalue weighted by Gasteiger charge is 2.31. The van der Waals surface area contributed by atoms with Crippen LogP contribution < -0.4 is 0 Å². The number of likely N-dealkylation sites (tertiary alicyclic amines) is 1. The summed E-state index contributed by atoms with van der Waals surface area (Å²) in [5.74, 6) is 2.11. The molecule has 2 fully saturated rings. The first kappa shape index (κ1) is 11.9. The normalized spacial score (nSPS) is 36.5. The average molecular weight is 220 g/mol. The van der Waals surface area contributed by atoms with Crippen molar-refractivity contribution in [3.63, 3.8) is 0 Å². The SMILES string of the molecule is CC(C)C1CCC(N2CC[C@@H](C#N)C2)CC1. The lowest BCUT2D eigenvalue weighted by Crippen LogP contribution is -2.37. The van der Waals surface area contributed by atoms with Crippen molar-refractivity contribution in [3.05, 3.63) is 0 Å². The molecule has 1 saturated heterocycles. The molecular formula is C14H24N2. The van der Waals surface area contributed by atoms with Crippen LogP contribution in [0.15, 0.2) is 0 Å². The topological polar surface area (TPSA) is 27.0 Å². The largest absolute Gasteiger partial charge is 0.299 e. The maximum Gasteiger partial charge on any atom is 0.0669 e. The summed E-state index contributed by atoms with van der Waals surface area (Å²) in [7, 11) is 0. The Bertz CT molecular complexity index is 258. The maximum atomic E-state index is 8.92. The van der Waals surface area contributed by atoms with Crippen LogP contribution in [0.3, 0.4) is 0 Å². The van der Waals surface area contributed by atoms with E-state index in [-0.39, 0.29) is 0 Å². The van der Waals surface area contributed by atoms with E-state index < -0.39 is 0 Å². The molecule has 1 saturated carbocycles. The molecule has 2 aliphatic rings. The van der Waals surface area contributed by atoms with E-state index in [1.54, 1.807) is 0 Å². The number of nitrogens with zero attached hydrogens (tertiary/aromatic N) is 2. The molecule has 1 aliphatic heterocycles. The minimum Gasteiger partial charge on any atom is -0.299 e. The summed E-state index contributed by atoms with van der Waals surface area (Å²) in [6, 6.07) is 3.20. The van der Waals surface area contributed by atoms with Gasteiger partial charge < -0.3 is 0 Å². The molecule has 0 spiro atoms. The Morgan fingerprint density at radius 2 is 1.81 bits per heavy atom. The second-order valence-corrected chi connectivity index (χ2v) is 5.92. The Kier molecular flexibility index (Phi) is 3.86. The summed E-state index contributed by atoms with van der Waals surface area (Å²) < 4.78 is 0. The summed E-state index contributed by atoms with van der Waals surface area (Å²) >= 11 is 0. The number of hydrogen-bond donors (Lipinski definition) is 0. The average Bonchev–Trinajstić information content (AvgIpc) is 2.77. The molecular weight excluding hydrogens is 196 g/mol. The second kappa shape index (κ2) is 5.19. The van der Waals surface area contributed by atoms with E-state index in [1.165, 1.54) is 25.7 Å². The standard InChI is InChI=1S/C14H24N2/c1-11(2)13-3-5-14(6-4-13)16-8-7-12(9-15)10-16/h11-14H,3-8,10H2,1-2H3/t12-,13?,14?/m0/s1. The van der Waals surface area contributed by atoms with E-state index in [0.717, 1.165) is 37.4 Å². The predicted octanol–water partition coefficient (Wildman–Crippen LogP) is 3.05. The van der Waals surface area contributed by atoms with E-state index in [4.69, 9.17) is 5.26 Å². The number of rotatable bonds is 2. The van der Waals surface area contributed by atoms with Gasteiger partial charge in [-0.2, -0.15) is 5.26 Å². The highest BCUT2D eigenvalue weighted by atomic mass is 15.2. The van der Waals surface area contributed by atoms with Crippen LogP contribution in [0, 0.1) is 29.1 Å². The van der Waals surface area contributed by atoms with Gasteiger partial charge in [0, 0.05) is 12.6 Å². The van der Waals surface area contributed by atoms with Crippen LogP contribution in [-0.4, -0.2) is 24.0 Å². The molecule has 0 amide bonds. The highest BCUT2D eigenvalue weighted by molar-refractivity contribution is 4.93. The first-order chi connectivity index (χ1) is 7.70. The van der Waals surface area contributed by atoms with Gasteiger partial charge in [0.15, 0.2) is 0 Å². The van der Waals surface area contributed by atoms with Crippen LogP contribution in [0.2, 0.25) is 0 Å². The van der Waals surface area contributed by atoms with Gasteiger partial charge in [0.1, 0.15) is 0 Å². The van der Waals surface area contributed by atoms with Gasteiger partial charge in [-0.3, -0.25) is 4.90 Å². The molecule has 0 aromatic heterocycles. The van der Waals surface area contributed by atoms with E-state index in [2.05, 4.69) is 24.8 Å².